The van der Waals surface area contributed by atoms with Crippen LogP contribution < -0.4 is 0 Å². The van der Waals surface area contributed by atoms with Gasteiger partial charge >= 0.3 is 0 Å². The van der Waals surface area contributed by atoms with Crippen LogP contribution in [-0.4, -0.2) is 5.11 Å². The normalized spacial score (nSPS) is 10.4. The second kappa shape index (κ2) is 4.36. The fourth-order valence-electron chi connectivity index (χ4n) is 1.62. The van der Waals surface area contributed by atoms with Gasteiger partial charge in [0, 0.05) is 11.6 Å². The van der Waals surface area contributed by atoms with Gasteiger partial charge in [0.25, 0.3) is 0 Å². The molecule has 0 saturated carbocycles. The number of phenols is 1. The summed E-state index contributed by atoms with van der Waals surface area (Å²) in [5.41, 5.74) is 2.98. The zero-order chi connectivity index (χ0) is 11.7. The van der Waals surface area contributed by atoms with Gasteiger partial charge < -0.3 is 5.11 Å². The SMILES string of the molecule is Cc1ccccc1-c1cc(Cl)c(O)cc1Cl. The summed E-state index contributed by atoms with van der Waals surface area (Å²) in [4.78, 5) is 0. The van der Waals surface area contributed by atoms with Crippen LogP contribution in [0.3, 0.4) is 0 Å². The molecule has 0 aliphatic carbocycles. The lowest BCUT2D eigenvalue weighted by Gasteiger charge is -2.09. The largest absolute Gasteiger partial charge is 0.506 e. The molecule has 0 aliphatic rings. The summed E-state index contributed by atoms with van der Waals surface area (Å²) in [6, 6.07) is 11.0. The molecule has 0 fully saturated rings. The lowest BCUT2D eigenvalue weighted by Crippen LogP contribution is -1.84. The maximum absolute atomic E-state index is 9.42. The highest BCUT2D eigenvalue weighted by Crippen LogP contribution is 2.37. The lowest BCUT2D eigenvalue weighted by molar-refractivity contribution is 0.475. The Kier molecular flexibility index (Phi) is 3.08. The molecule has 0 atom stereocenters. The first-order chi connectivity index (χ1) is 7.59. The van der Waals surface area contributed by atoms with Crippen LogP contribution in [0.1, 0.15) is 5.56 Å². The molecule has 0 radical (unpaired) electrons. The molecule has 2 aromatic rings. The number of phenolic OH excluding ortho intramolecular Hbond substituents is 1. The summed E-state index contributed by atoms with van der Waals surface area (Å²) in [5, 5.41) is 10.2. The second-order valence-electron chi connectivity index (χ2n) is 3.60. The van der Waals surface area contributed by atoms with E-state index in [1.54, 1.807) is 6.07 Å². The van der Waals surface area contributed by atoms with Crippen LogP contribution in [0.4, 0.5) is 0 Å². The molecular formula is C13H10Cl2O. The summed E-state index contributed by atoms with van der Waals surface area (Å²) in [7, 11) is 0. The predicted octanol–water partition coefficient (Wildman–Crippen LogP) is 4.67. The van der Waals surface area contributed by atoms with E-state index in [2.05, 4.69) is 0 Å². The highest BCUT2D eigenvalue weighted by Gasteiger charge is 2.09. The van der Waals surface area contributed by atoms with Gasteiger partial charge in [0.2, 0.25) is 0 Å². The molecular weight excluding hydrogens is 243 g/mol. The van der Waals surface area contributed by atoms with E-state index in [9.17, 15) is 5.11 Å². The van der Waals surface area contributed by atoms with Crippen LogP contribution in [0.5, 0.6) is 5.75 Å². The number of rotatable bonds is 1. The minimum absolute atomic E-state index is 0.00370. The van der Waals surface area contributed by atoms with Crippen molar-refractivity contribution in [1.82, 2.24) is 0 Å². The maximum Gasteiger partial charge on any atom is 0.135 e. The van der Waals surface area contributed by atoms with E-state index >= 15 is 0 Å². The Balaban J connectivity index is 2.65. The first-order valence-electron chi connectivity index (χ1n) is 4.83. The smallest absolute Gasteiger partial charge is 0.135 e. The Labute approximate surface area is 104 Å². The molecule has 1 nitrogen and oxygen atoms in total. The van der Waals surface area contributed by atoms with Gasteiger partial charge in [-0.15, -0.1) is 0 Å². The van der Waals surface area contributed by atoms with Crippen LogP contribution in [0.2, 0.25) is 10.0 Å². The molecule has 0 spiro atoms. The van der Waals surface area contributed by atoms with Crippen molar-refractivity contribution in [3.8, 4) is 16.9 Å². The number of benzene rings is 2. The molecule has 0 aliphatic heterocycles. The van der Waals surface area contributed by atoms with Crippen molar-refractivity contribution in [1.29, 1.82) is 0 Å². The van der Waals surface area contributed by atoms with Crippen LogP contribution in [-0.2, 0) is 0 Å². The summed E-state index contributed by atoms with van der Waals surface area (Å²) >= 11 is 12.0. The van der Waals surface area contributed by atoms with Crippen molar-refractivity contribution in [2.75, 3.05) is 0 Å². The summed E-state index contributed by atoms with van der Waals surface area (Å²) in [5.74, 6) is 0.00370. The van der Waals surface area contributed by atoms with E-state index < -0.39 is 0 Å². The molecule has 1 N–H and O–H groups in total. The molecule has 0 saturated heterocycles. The molecule has 0 unspecified atom stereocenters. The van der Waals surface area contributed by atoms with Gasteiger partial charge in [-0.05, 0) is 24.1 Å². The number of hydrogen-bond acceptors (Lipinski definition) is 1. The fourth-order valence-corrected chi connectivity index (χ4v) is 2.04. The van der Waals surface area contributed by atoms with Crippen molar-refractivity contribution >= 4 is 23.2 Å². The number of aromatic hydroxyl groups is 1. The van der Waals surface area contributed by atoms with Crippen molar-refractivity contribution < 1.29 is 5.11 Å². The Morgan fingerprint density at radius 1 is 0.938 bits per heavy atom. The van der Waals surface area contributed by atoms with Crippen LogP contribution in [0.25, 0.3) is 11.1 Å². The molecule has 82 valence electrons. The number of aryl methyl sites for hydroxylation is 1. The molecule has 0 amide bonds. The average Bonchev–Trinajstić information content (AvgIpc) is 2.25. The maximum atomic E-state index is 9.42. The van der Waals surface area contributed by atoms with E-state index in [-0.39, 0.29) is 5.75 Å². The highest BCUT2D eigenvalue weighted by atomic mass is 35.5. The van der Waals surface area contributed by atoms with Gasteiger partial charge in [-0.25, -0.2) is 0 Å². The van der Waals surface area contributed by atoms with Crippen molar-refractivity contribution in [2.24, 2.45) is 0 Å². The minimum atomic E-state index is 0.00370. The highest BCUT2D eigenvalue weighted by molar-refractivity contribution is 6.36. The Morgan fingerprint density at radius 2 is 1.62 bits per heavy atom. The molecule has 0 aromatic heterocycles. The molecule has 2 rings (SSSR count). The monoisotopic (exact) mass is 252 g/mol. The first kappa shape index (κ1) is 11.3. The van der Waals surface area contributed by atoms with Gasteiger partial charge in [0.1, 0.15) is 5.75 Å². The third-order valence-electron chi connectivity index (χ3n) is 2.47. The van der Waals surface area contributed by atoms with E-state index in [0.29, 0.717) is 10.0 Å². The van der Waals surface area contributed by atoms with Gasteiger partial charge in [0.05, 0.1) is 10.0 Å². The minimum Gasteiger partial charge on any atom is -0.506 e. The van der Waals surface area contributed by atoms with Crippen molar-refractivity contribution in [3.05, 3.63) is 52.0 Å². The summed E-state index contributed by atoms with van der Waals surface area (Å²) < 4.78 is 0. The van der Waals surface area contributed by atoms with E-state index in [0.717, 1.165) is 16.7 Å². The quantitative estimate of drug-likeness (QED) is 0.782. The van der Waals surface area contributed by atoms with Crippen LogP contribution in [0, 0.1) is 6.92 Å². The molecule has 3 heteroatoms. The van der Waals surface area contributed by atoms with E-state index in [1.165, 1.54) is 6.07 Å². The Bertz CT molecular complexity index is 535. The third kappa shape index (κ3) is 2.01. The van der Waals surface area contributed by atoms with Crippen molar-refractivity contribution in [2.45, 2.75) is 6.92 Å². The van der Waals surface area contributed by atoms with Gasteiger partial charge in [-0.3, -0.25) is 0 Å². The van der Waals surface area contributed by atoms with Gasteiger partial charge in [-0.2, -0.15) is 0 Å². The Hall–Kier alpha value is -1.18. The summed E-state index contributed by atoms with van der Waals surface area (Å²) in [6.07, 6.45) is 0. The first-order valence-corrected chi connectivity index (χ1v) is 5.59. The second-order valence-corrected chi connectivity index (χ2v) is 4.41. The molecule has 16 heavy (non-hydrogen) atoms. The average molecular weight is 253 g/mol. The summed E-state index contributed by atoms with van der Waals surface area (Å²) in [6.45, 7) is 2.01. The topological polar surface area (TPSA) is 20.2 Å². The third-order valence-corrected chi connectivity index (χ3v) is 3.09. The Morgan fingerprint density at radius 3 is 2.31 bits per heavy atom. The number of halogens is 2. The van der Waals surface area contributed by atoms with Gasteiger partial charge in [-0.1, -0.05) is 47.5 Å². The standard InChI is InChI=1S/C13H10Cl2O/c1-8-4-2-3-5-9(8)10-6-12(15)13(16)7-11(10)14/h2-7,16H,1H3. The lowest BCUT2D eigenvalue weighted by atomic mass is 10.0. The van der Waals surface area contributed by atoms with Crippen LogP contribution in [0.15, 0.2) is 36.4 Å². The predicted molar refractivity (Wildman–Crippen MR) is 68.3 cm³/mol. The zero-order valence-electron chi connectivity index (χ0n) is 8.67. The molecule has 2 aromatic carbocycles. The van der Waals surface area contributed by atoms with E-state index in [1.807, 2.05) is 31.2 Å². The molecule has 0 heterocycles. The number of hydrogen-bond donors (Lipinski definition) is 1. The van der Waals surface area contributed by atoms with E-state index in [4.69, 9.17) is 23.2 Å². The molecule has 0 bridgehead atoms. The van der Waals surface area contributed by atoms with Crippen LogP contribution >= 0.6 is 23.2 Å². The fraction of sp³-hybridized carbons (Fsp3) is 0.0769. The van der Waals surface area contributed by atoms with Gasteiger partial charge in [0.15, 0.2) is 0 Å². The zero-order valence-corrected chi connectivity index (χ0v) is 10.2. The van der Waals surface area contributed by atoms with Crippen molar-refractivity contribution in [3.63, 3.8) is 0 Å².